The van der Waals surface area contributed by atoms with Crippen molar-refractivity contribution in [3.05, 3.63) is 29.8 Å². The van der Waals surface area contributed by atoms with Crippen LogP contribution in [0.2, 0.25) is 0 Å². The quantitative estimate of drug-likeness (QED) is 0.907. The van der Waals surface area contributed by atoms with Crippen LogP contribution >= 0.6 is 0 Å². The van der Waals surface area contributed by atoms with Gasteiger partial charge in [-0.05, 0) is 44.6 Å². The Balaban J connectivity index is 1.58. The SMILES string of the molecule is Cc1noc(C(Nc2ccnc(C3CC3)n2)C2CCOCC2)n1. The van der Waals surface area contributed by atoms with E-state index in [1.165, 1.54) is 12.8 Å². The van der Waals surface area contributed by atoms with Crippen molar-refractivity contribution in [2.75, 3.05) is 18.5 Å². The monoisotopic (exact) mass is 315 g/mol. The number of nitrogens with zero attached hydrogens (tertiary/aromatic N) is 4. The Labute approximate surface area is 134 Å². The van der Waals surface area contributed by atoms with Crippen LogP contribution < -0.4 is 5.32 Å². The van der Waals surface area contributed by atoms with E-state index in [2.05, 4.69) is 25.4 Å². The summed E-state index contributed by atoms with van der Waals surface area (Å²) in [7, 11) is 0. The molecule has 1 unspecified atom stereocenters. The van der Waals surface area contributed by atoms with Crippen molar-refractivity contribution in [3.8, 4) is 0 Å². The zero-order valence-corrected chi connectivity index (χ0v) is 13.2. The predicted molar refractivity (Wildman–Crippen MR) is 82.9 cm³/mol. The molecule has 7 heteroatoms. The summed E-state index contributed by atoms with van der Waals surface area (Å²) in [5, 5.41) is 7.44. The van der Waals surface area contributed by atoms with Crippen LogP contribution in [0.1, 0.15) is 55.2 Å². The third-order valence-electron chi connectivity index (χ3n) is 4.47. The molecule has 1 atom stereocenters. The summed E-state index contributed by atoms with van der Waals surface area (Å²) in [6.07, 6.45) is 6.15. The summed E-state index contributed by atoms with van der Waals surface area (Å²) in [5.74, 6) is 3.96. The Kier molecular flexibility index (Phi) is 3.95. The number of aryl methyl sites for hydroxylation is 1. The van der Waals surface area contributed by atoms with Crippen molar-refractivity contribution in [1.29, 1.82) is 0 Å². The van der Waals surface area contributed by atoms with Gasteiger partial charge in [0, 0.05) is 25.3 Å². The standard InChI is InChI=1S/C16H21N5O2/c1-10-18-16(23-21-10)14(11-5-8-22-9-6-11)19-13-4-7-17-15(20-13)12-2-3-12/h4,7,11-12,14H,2-3,5-6,8-9H2,1H3,(H,17,19,20). The fourth-order valence-corrected chi connectivity index (χ4v) is 3.02. The van der Waals surface area contributed by atoms with Gasteiger partial charge in [-0.3, -0.25) is 0 Å². The number of ether oxygens (including phenoxy) is 1. The first-order valence-corrected chi connectivity index (χ1v) is 8.27. The molecule has 1 N–H and O–H groups in total. The van der Waals surface area contributed by atoms with E-state index in [0.29, 0.717) is 23.6 Å². The van der Waals surface area contributed by atoms with E-state index in [-0.39, 0.29) is 6.04 Å². The minimum Gasteiger partial charge on any atom is -0.381 e. The zero-order valence-electron chi connectivity index (χ0n) is 13.2. The van der Waals surface area contributed by atoms with Crippen molar-refractivity contribution in [2.24, 2.45) is 5.92 Å². The maximum atomic E-state index is 5.48. The van der Waals surface area contributed by atoms with Crippen molar-refractivity contribution in [1.82, 2.24) is 20.1 Å². The summed E-state index contributed by atoms with van der Waals surface area (Å²) < 4.78 is 10.9. The Hall–Kier alpha value is -2.02. The third kappa shape index (κ3) is 3.34. The van der Waals surface area contributed by atoms with Crippen molar-refractivity contribution >= 4 is 5.82 Å². The van der Waals surface area contributed by atoms with Gasteiger partial charge in [0.25, 0.3) is 0 Å². The van der Waals surface area contributed by atoms with Gasteiger partial charge in [-0.25, -0.2) is 9.97 Å². The van der Waals surface area contributed by atoms with E-state index in [0.717, 1.165) is 37.7 Å². The number of hydrogen-bond donors (Lipinski definition) is 1. The highest BCUT2D eigenvalue weighted by atomic mass is 16.5. The molecule has 2 aromatic heterocycles. The van der Waals surface area contributed by atoms with Gasteiger partial charge in [0.1, 0.15) is 17.7 Å². The largest absolute Gasteiger partial charge is 0.381 e. The minimum absolute atomic E-state index is 0.0398. The molecule has 0 bridgehead atoms. The lowest BCUT2D eigenvalue weighted by atomic mass is 9.91. The van der Waals surface area contributed by atoms with Crippen LogP contribution in [0.3, 0.4) is 0 Å². The van der Waals surface area contributed by atoms with Crippen LogP contribution in [-0.4, -0.2) is 33.3 Å². The van der Waals surface area contributed by atoms with E-state index in [1.807, 2.05) is 19.2 Å². The number of rotatable bonds is 5. The third-order valence-corrected chi connectivity index (χ3v) is 4.47. The molecule has 3 heterocycles. The van der Waals surface area contributed by atoms with Crippen molar-refractivity contribution < 1.29 is 9.26 Å². The molecule has 23 heavy (non-hydrogen) atoms. The average Bonchev–Trinajstić information content (AvgIpc) is 3.36. The van der Waals surface area contributed by atoms with Crippen LogP contribution in [0.25, 0.3) is 0 Å². The maximum absolute atomic E-state index is 5.48. The molecular formula is C16H21N5O2. The molecule has 1 aliphatic heterocycles. The predicted octanol–water partition coefficient (Wildman–Crippen LogP) is 2.63. The maximum Gasteiger partial charge on any atom is 0.249 e. The molecule has 0 amide bonds. The molecule has 122 valence electrons. The molecular weight excluding hydrogens is 294 g/mol. The van der Waals surface area contributed by atoms with Gasteiger partial charge in [0.2, 0.25) is 5.89 Å². The van der Waals surface area contributed by atoms with E-state index in [1.54, 1.807) is 0 Å². The molecule has 2 fully saturated rings. The van der Waals surface area contributed by atoms with Crippen LogP contribution in [0.15, 0.2) is 16.8 Å². The molecule has 1 saturated heterocycles. The number of nitrogens with one attached hydrogen (secondary N) is 1. The van der Waals surface area contributed by atoms with Crippen LogP contribution in [0, 0.1) is 12.8 Å². The average molecular weight is 315 g/mol. The first kappa shape index (κ1) is 14.6. The summed E-state index contributed by atoms with van der Waals surface area (Å²) in [4.78, 5) is 13.5. The van der Waals surface area contributed by atoms with Crippen LogP contribution in [0.5, 0.6) is 0 Å². The minimum atomic E-state index is -0.0398. The van der Waals surface area contributed by atoms with E-state index in [4.69, 9.17) is 9.26 Å². The van der Waals surface area contributed by atoms with Gasteiger partial charge in [-0.1, -0.05) is 5.16 Å². The van der Waals surface area contributed by atoms with Gasteiger partial charge in [0.05, 0.1) is 0 Å². The van der Waals surface area contributed by atoms with Gasteiger partial charge in [-0.15, -0.1) is 0 Å². The summed E-state index contributed by atoms with van der Waals surface area (Å²) in [6.45, 7) is 3.38. The Bertz CT molecular complexity index is 664. The number of hydrogen-bond acceptors (Lipinski definition) is 7. The summed E-state index contributed by atoms with van der Waals surface area (Å²) in [5.41, 5.74) is 0. The second-order valence-electron chi connectivity index (χ2n) is 6.33. The Morgan fingerprint density at radius 2 is 2.00 bits per heavy atom. The van der Waals surface area contributed by atoms with Crippen LogP contribution in [-0.2, 0) is 4.74 Å². The van der Waals surface area contributed by atoms with Crippen LogP contribution in [0.4, 0.5) is 5.82 Å². The van der Waals surface area contributed by atoms with Gasteiger partial charge in [0.15, 0.2) is 5.82 Å². The normalized spacial score (nSPS) is 20.4. The Morgan fingerprint density at radius 3 is 2.70 bits per heavy atom. The van der Waals surface area contributed by atoms with Gasteiger partial charge < -0.3 is 14.6 Å². The molecule has 2 aromatic rings. The fraction of sp³-hybridized carbons (Fsp3) is 0.625. The molecule has 0 radical (unpaired) electrons. The van der Waals surface area contributed by atoms with Gasteiger partial charge in [-0.2, -0.15) is 4.98 Å². The second-order valence-corrected chi connectivity index (χ2v) is 6.33. The highest BCUT2D eigenvalue weighted by molar-refractivity contribution is 5.36. The highest BCUT2D eigenvalue weighted by Gasteiger charge is 2.31. The first-order valence-electron chi connectivity index (χ1n) is 8.27. The molecule has 0 spiro atoms. The lowest BCUT2D eigenvalue weighted by molar-refractivity contribution is 0.0570. The summed E-state index contributed by atoms with van der Waals surface area (Å²) in [6, 6.07) is 1.86. The molecule has 7 nitrogen and oxygen atoms in total. The number of aromatic nitrogens is 4. The van der Waals surface area contributed by atoms with E-state index < -0.39 is 0 Å². The van der Waals surface area contributed by atoms with Crippen molar-refractivity contribution in [3.63, 3.8) is 0 Å². The molecule has 0 aromatic carbocycles. The molecule has 1 aliphatic carbocycles. The lowest BCUT2D eigenvalue weighted by Crippen LogP contribution is -2.27. The van der Waals surface area contributed by atoms with Crippen molar-refractivity contribution in [2.45, 2.75) is 44.6 Å². The van der Waals surface area contributed by atoms with E-state index >= 15 is 0 Å². The first-order chi connectivity index (χ1) is 11.3. The second kappa shape index (κ2) is 6.23. The molecule has 1 saturated carbocycles. The topological polar surface area (TPSA) is 86.0 Å². The summed E-state index contributed by atoms with van der Waals surface area (Å²) >= 11 is 0. The zero-order chi connectivity index (χ0) is 15.6. The van der Waals surface area contributed by atoms with Gasteiger partial charge >= 0.3 is 0 Å². The Morgan fingerprint density at radius 1 is 1.17 bits per heavy atom. The molecule has 2 aliphatic rings. The highest BCUT2D eigenvalue weighted by Crippen LogP contribution is 2.38. The fourth-order valence-electron chi connectivity index (χ4n) is 3.02. The lowest BCUT2D eigenvalue weighted by Gasteiger charge is -2.28. The number of anilines is 1. The molecule has 4 rings (SSSR count). The smallest absolute Gasteiger partial charge is 0.249 e. The van der Waals surface area contributed by atoms with E-state index in [9.17, 15) is 0 Å².